The molecule has 3 N–H and O–H groups in total. The molecule has 0 heterocycles. The zero-order valence-electron chi connectivity index (χ0n) is 15.8. The fraction of sp³-hybridized carbons (Fsp3) is 0.650. The Hall–Kier alpha value is -1.59. The molecule has 0 aliphatic heterocycles. The number of nitrogens with one attached hydrogen (secondary N) is 3. The molecule has 1 aliphatic carbocycles. The normalized spacial score (nSPS) is 16.6. The molecule has 5 heteroatoms. The van der Waals surface area contributed by atoms with E-state index in [9.17, 15) is 4.79 Å². The molecular weight excluding hydrogens is 312 g/mol. The number of benzene rings is 1. The summed E-state index contributed by atoms with van der Waals surface area (Å²) in [6.07, 6.45) is 7.68. The second kappa shape index (κ2) is 11.1. The fourth-order valence-electron chi connectivity index (χ4n) is 3.43. The first-order valence-corrected chi connectivity index (χ1v) is 9.63. The summed E-state index contributed by atoms with van der Waals surface area (Å²) in [4.78, 5) is 14.1. The van der Waals surface area contributed by atoms with Crippen LogP contribution in [0.25, 0.3) is 0 Å². The molecule has 5 nitrogen and oxygen atoms in total. The van der Waals surface area contributed by atoms with E-state index in [0.717, 1.165) is 13.0 Å². The van der Waals surface area contributed by atoms with Crippen LogP contribution in [0.2, 0.25) is 0 Å². The van der Waals surface area contributed by atoms with Gasteiger partial charge in [0.15, 0.2) is 0 Å². The van der Waals surface area contributed by atoms with Crippen LogP contribution >= 0.6 is 0 Å². The van der Waals surface area contributed by atoms with Crippen molar-refractivity contribution in [1.29, 1.82) is 0 Å². The van der Waals surface area contributed by atoms with E-state index in [2.05, 4.69) is 33.0 Å². The van der Waals surface area contributed by atoms with E-state index in [1.54, 1.807) is 0 Å². The Bertz CT molecular complexity index is 486. The number of likely N-dealkylation sites (N-methyl/N-ethyl adjacent to an activating group) is 1. The first-order chi connectivity index (χ1) is 12.2. The van der Waals surface area contributed by atoms with Crippen molar-refractivity contribution < 1.29 is 4.79 Å². The summed E-state index contributed by atoms with van der Waals surface area (Å²) in [5.41, 5.74) is 1.21. The molecule has 1 aromatic carbocycles. The van der Waals surface area contributed by atoms with Crippen LogP contribution in [0.3, 0.4) is 0 Å². The van der Waals surface area contributed by atoms with Gasteiger partial charge >= 0.3 is 6.03 Å². The zero-order chi connectivity index (χ0) is 17.9. The van der Waals surface area contributed by atoms with Gasteiger partial charge < -0.3 is 20.9 Å². The predicted molar refractivity (Wildman–Crippen MR) is 104 cm³/mol. The van der Waals surface area contributed by atoms with E-state index in [-0.39, 0.29) is 12.1 Å². The standard InChI is InChI=1S/C20H34N4O/c1-24(2)19(17-10-5-3-6-11-17)16-23-20(25)22-15-9-14-21-18-12-7-4-8-13-18/h3,5-6,10-11,18-19,21H,4,7-9,12-16H2,1-2H3,(H2,22,23,25). The summed E-state index contributed by atoms with van der Waals surface area (Å²) in [5, 5.41) is 9.55. The second-order valence-corrected chi connectivity index (χ2v) is 7.17. The van der Waals surface area contributed by atoms with Gasteiger partial charge in [-0.15, -0.1) is 0 Å². The maximum absolute atomic E-state index is 12.0. The Kier molecular flexibility index (Phi) is 8.77. The van der Waals surface area contributed by atoms with Gasteiger partial charge in [-0.2, -0.15) is 0 Å². The first-order valence-electron chi connectivity index (χ1n) is 9.63. The molecule has 0 aromatic heterocycles. The van der Waals surface area contributed by atoms with Crippen molar-refractivity contribution in [3.05, 3.63) is 35.9 Å². The van der Waals surface area contributed by atoms with Crippen LogP contribution in [0.15, 0.2) is 30.3 Å². The molecule has 1 atom stereocenters. The molecule has 140 valence electrons. The lowest BCUT2D eigenvalue weighted by Gasteiger charge is -2.25. The third kappa shape index (κ3) is 7.45. The minimum absolute atomic E-state index is 0.0829. The topological polar surface area (TPSA) is 56.4 Å². The van der Waals surface area contributed by atoms with Gasteiger partial charge in [-0.3, -0.25) is 0 Å². The summed E-state index contributed by atoms with van der Waals surface area (Å²) >= 11 is 0. The number of hydrogen-bond acceptors (Lipinski definition) is 3. The van der Waals surface area contributed by atoms with Crippen molar-refractivity contribution >= 4 is 6.03 Å². The minimum atomic E-state index is -0.0829. The molecule has 1 fully saturated rings. The highest BCUT2D eigenvalue weighted by Gasteiger charge is 2.15. The maximum atomic E-state index is 12.0. The average Bonchev–Trinajstić information content (AvgIpc) is 2.63. The number of carbonyl (C=O) groups excluding carboxylic acids is 1. The van der Waals surface area contributed by atoms with Crippen molar-refractivity contribution in [2.24, 2.45) is 0 Å². The molecule has 0 radical (unpaired) electrons. The van der Waals surface area contributed by atoms with Crippen LogP contribution < -0.4 is 16.0 Å². The highest BCUT2D eigenvalue weighted by atomic mass is 16.2. The Morgan fingerprint density at radius 1 is 1.08 bits per heavy atom. The van der Waals surface area contributed by atoms with Gasteiger partial charge in [0.25, 0.3) is 0 Å². The van der Waals surface area contributed by atoms with Crippen molar-refractivity contribution in [2.45, 2.75) is 50.6 Å². The van der Waals surface area contributed by atoms with Gasteiger partial charge in [0.2, 0.25) is 0 Å². The molecular formula is C20H34N4O. The predicted octanol–water partition coefficient (Wildman–Crippen LogP) is 2.90. The third-order valence-electron chi connectivity index (χ3n) is 4.94. The van der Waals surface area contributed by atoms with Crippen LogP contribution in [-0.2, 0) is 0 Å². The number of nitrogens with zero attached hydrogens (tertiary/aromatic N) is 1. The Morgan fingerprint density at radius 3 is 2.48 bits per heavy atom. The number of hydrogen-bond donors (Lipinski definition) is 3. The van der Waals surface area contributed by atoms with Crippen molar-refractivity contribution in [1.82, 2.24) is 20.9 Å². The maximum Gasteiger partial charge on any atom is 0.314 e. The highest BCUT2D eigenvalue weighted by Crippen LogP contribution is 2.17. The zero-order valence-corrected chi connectivity index (χ0v) is 15.8. The summed E-state index contributed by atoms with van der Waals surface area (Å²) in [6, 6.07) is 11.1. The summed E-state index contributed by atoms with van der Waals surface area (Å²) in [6.45, 7) is 2.29. The van der Waals surface area contributed by atoms with Crippen molar-refractivity contribution in [2.75, 3.05) is 33.7 Å². The first kappa shape index (κ1) is 19.7. The van der Waals surface area contributed by atoms with E-state index in [1.165, 1.54) is 37.7 Å². The smallest absolute Gasteiger partial charge is 0.314 e. The summed E-state index contributed by atoms with van der Waals surface area (Å²) in [7, 11) is 4.07. The average molecular weight is 347 g/mol. The lowest BCUT2D eigenvalue weighted by atomic mass is 9.95. The molecule has 0 saturated heterocycles. The van der Waals surface area contributed by atoms with Crippen LogP contribution in [-0.4, -0.2) is 50.7 Å². The van der Waals surface area contributed by atoms with Gasteiger partial charge in [-0.25, -0.2) is 4.79 Å². The Balaban J connectivity index is 1.59. The molecule has 25 heavy (non-hydrogen) atoms. The fourth-order valence-corrected chi connectivity index (χ4v) is 3.43. The number of rotatable bonds is 9. The SMILES string of the molecule is CN(C)C(CNC(=O)NCCCNC1CCCCC1)c1ccccc1. The molecule has 1 aliphatic rings. The minimum Gasteiger partial charge on any atom is -0.338 e. The number of amides is 2. The van der Waals surface area contributed by atoms with Gasteiger partial charge in [-0.1, -0.05) is 49.6 Å². The van der Waals surface area contributed by atoms with Gasteiger partial charge in [0.05, 0.1) is 6.04 Å². The highest BCUT2D eigenvalue weighted by molar-refractivity contribution is 5.73. The molecule has 2 amide bonds. The molecule has 0 bridgehead atoms. The lowest BCUT2D eigenvalue weighted by Crippen LogP contribution is -2.41. The van der Waals surface area contributed by atoms with Crippen LogP contribution in [0, 0.1) is 0 Å². The van der Waals surface area contributed by atoms with Crippen molar-refractivity contribution in [3.63, 3.8) is 0 Å². The van der Waals surface area contributed by atoms with Crippen molar-refractivity contribution in [3.8, 4) is 0 Å². The van der Waals surface area contributed by atoms with E-state index < -0.39 is 0 Å². The van der Waals surface area contributed by atoms with Crippen LogP contribution in [0.1, 0.15) is 50.1 Å². The van der Waals surface area contributed by atoms with E-state index >= 15 is 0 Å². The quantitative estimate of drug-likeness (QED) is 0.603. The summed E-state index contributed by atoms with van der Waals surface area (Å²) < 4.78 is 0. The van der Waals surface area contributed by atoms with Crippen LogP contribution in [0.5, 0.6) is 0 Å². The Labute approximate surface area is 152 Å². The summed E-state index contributed by atoms with van der Waals surface area (Å²) in [5.74, 6) is 0. The van der Waals surface area contributed by atoms with E-state index in [0.29, 0.717) is 19.1 Å². The molecule has 1 aromatic rings. The van der Waals surface area contributed by atoms with Crippen LogP contribution in [0.4, 0.5) is 4.79 Å². The second-order valence-electron chi connectivity index (χ2n) is 7.17. The Morgan fingerprint density at radius 2 is 1.80 bits per heavy atom. The third-order valence-corrected chi connectivity index (χ3v) is 4.94. The number of carbonyl (C=O) groups is 1. The van der Waals surface area contributed by atoms with Gasteiger partial charge in [-0.05, 0) is 45.5 Å². The molecule has 0 spiro atoms. The van der Waals surface area contributed by atoms with E-state index in [4.69, 9.17) is 0 Å². The van der Waals surface area contributed by atoms with Gasteiger partial charge in [0.1, 0.15) is 0 Å². The lowest BCUT2D eigenvalue weighted by molar-refractivity contribution is 0.232. The monoisotopic (exact) mass is 346 g/mol. The number of urea groups is 1. The largest absolute Gasteiger partial charge is 0.338 e. The molecule has 1 unspecified atom stereocenters. The molecule has 1 saturated carbocycles. The molecule has 2 rings (SSSR count). The van der Waals surface area contributed by atoms with E-state index in [1.807, 2.05) is 32.3 Å². The van der Waals surface area contributed by atoms with Gasteiger partial charge in [0, 0.05) is 19.1 Å².